The van der Waals surface area contributed by atoms with Crippen LogP contribution in [0.3, 0.4) is 0 Å². The average Bonchev–Trinajstić information content (AvgIpc) is 2.26. The van der Waals surface area contributed by atoms with Crippen molar-refractivity contribution in [1.29, 1.82) is 0 Å². The second-order valence-electron chi connectivity index (χ2n) is 4.86. The van der Waals surface area contributed by atoms with Gasteiger partial charge in [-0.3, -0.25) is 0 Å². The third-order valence-electron chi connectivity index (χ3n) is 2.87. The quantitative estimate of drug-likeness (QED) is 0.791. The molecule has 1 rings (SSSR count). The van der Waals surface area contributed by atoms with Crippen LogP contribution >= 0.6 is 0 Å². The van der Waals surface area contributed by atoms with Crippen molar-refractivity contribution in [3.8, 4) is 0 Å². The Balaban J connectivity index is 2.36. The van der Waals surface area contributed by atoms with Crippen molar-refractivity contribution in [2.75, 3.05) is 20.1 Å². The SMILES string of the molecule is CC(CCCN)CN(C)Cc1cccc(F)c1. The Morgan fingerprint density at radius 3 is 2.82 bits per heavy atom. The van der Waals surface area contributed by atoms with Crippen molar-refractivity contribution in [1.82, 2.24) is 4.90 Å². The van der Waals surface area contributed by atoms with Crippen LogP contribution in [0.2, 0.25) is 0 Å². The van der Waals surface area contributed by atoms with E-state index in [1.54, 1.807) is 12.1 Å². The minimum atomic E-state index is -0.160. The predicted octanol–water partition coefficient (Wildman–Crippen LogP) is 2.63. The molecule has 0 amide bonds. The maximum absolute atomic E-state index is 13.0. The third-order valence-corrected chi connectivity index (χ3v) is 2.87. The molecule has 0 aromatic heterocycles. The molecule has 0 aliphatic rings. The van der Waals surface area contributed by atoms with Gasteiger partial charge in [-0.1, -0.05) is 19.1 Å². The highest BCUT2D eigenvalue weighted by Crippen LogP contribution is 2.10. The molecule has 1 aromatic carbocycles. The van der Waals surface area contributed by atoms with Crippen molar-refractivity contribution in [2.45, 2.75) is 26.3 Å². The van der Waals surface area contributed by atoms with Gasteiger partial charge in [0, 0.05) is 13.1 Å². The second-order valence-corrected chi connectivity index (χ2v) is 4.86. The van der Waals surface area contributed by atoms with Gasteiger partial charge in [-0.15, -0.1) is 0 Å². The molecule has 0 bridgehead atoms. The van der Waals surface area contributed by atoms with Crippen LogP contribution < -0.4 is 5.73 Å². The Morgan fingerprint density at radius 1 is 1.41 bits per heavy atom. The first-order chi connectivity index (χ1) is 8.11. The summed E-state index contributed by atoms with van der Waals surface area (Å²) in [5.41, 5.74) is 6.52. The molecule has 0 aliphatic heterocycles. The molecule has 2 nitrogen and oxygen atoms in total. The summed E-state index contributed by atoms with van der Waals surface area (Å²) in [6.07, 6.45) is 2.24. The van der Waals surface area contributed by atoms with Crippen molar-refractivity contribution >= 4 is 0 Å². The number of hydrogen-bond donors (Lipinski definition) is 1. The van der Waals surface area contributed by atoms with Gasteiger partial charge >= 0.3 is 0 Å². The standard InChI is InChI=1S/C14H23FN2/c1-12(5-4-8-16)10-17(2)11-13-6-3-7-14(15)9-13/h3,6-7,9,12H,4-5,8,10-11,16H2,1-2H3. The lowest BCUT2D eigenvalue weighted by atomic mass is 10.0. The van der Waals surface area contributed by atoms with Crippen LogP contribution in [-0.2, 0) is 6.54 Å². The smallest absolute Gasteiger partial charge is 0.123 e. The van der Waals surface area contributed by atoms with Gasteiger partial charge in [0.25, 0.3) is 0 Å². The molecule has 2 N–H and O–H groups in total. The van der Waals surface area contributed by atoms with E-state index in [1.807, 2.05) is 6.07 Å². The Bertz CT molecular complexity index is 328. The minimum absolute atomic E-state index is 0.160. The van der Waals surface area contributed by atoms with E-state index >= 15 is 0 Å². The first kappa shape index (κ1) is 14.1. The van der Waals surface area contributed by atoms with Gasteiger partial charge < -0.3 is 10.6 Å². The van der Waals surface area contributed by atoms with E-state index in [2.05, 4.69) is 18.9 Å². The zero-order valence-corrected chi connectivity index (χ0v) is 10.8. The lowest BCUT2D eigenvalue weighted by molar-refractivity contribution is 0.269. The maximum Gasteiger partial charge on any atom is 0.123 e. The number of nitrogens with zero attached hydrogens (tertiary/aromatic N) is 1. The fraction of sp³-hybridized carbons (Fsp3) is 0.571. The summed E-state index contributed by atoms with van der Waals surface area (Å²) in [6, 6.07) is 6.80. The van der Waals surface area contributed by atoms with Gasteiger partial charge in [0.2, 0.25) is 0 Å². The normalized spacial score (nSPS) is 13.0. The first-order valence-electron chi connectivity index (χ1n) is 6.25. The van der Waals surface area contributed by atoms with Crippen LogP contribution in [0.4, 0.5) is 4.39 Å². The van der Waals surface area contributed by atoms with E-state index in [1.165, 1.54) is 6.07 Å². The fourth-order valence-electron chi connectivity index (χ4n) is 2.10. The van der Waals surface area contributed by atoms with Crippen LogP contribution in [0, 0.1) is 11.7 Å². The summed E-state index contributed by atoms with van der Waals surface area (Å²) >= 11 is 0. The molecule has 0 aliphatic carbocycles. The van der Waals surface area contributed by atoms with Crippen molar-refractivity contribution < 1.29 is 4.39 Å². The number of hydrogen-bond acceptors (Lipinski definition) is 2. The summed E-state index contributed by atoms with van der Waals surface area (Å²) < 4.78 is 13.0. The monoisotopic (exact) mass is 238 g/mol. The average molecular weight is 238 g/mol. The van der Waals surface area contributed by atoms with Crippen molar-refractivity contribution in [3.63, 3.8) is 0 Å². The molecule has 0 radical (unpaired) electrons. The Kier molecular flexibility index (Phi) is 6.16. The molecule has 0 fully saturated rings. The largest absolute Gasteiger partial charge is 0.330 e. The van der Waals surface area contributed by atoms with Gasteiger partial charge in [0.15, 0.2) is 0 Å². The van der Waals surface area contributed by atoms with Crippen LogP contribution in [0.1, 0.15) is 25.3 Å². The highest BCUT2D eigenvalue weighted by molar-refractivity contribution is 5.15. The lowest BCUT2D eigenvalue weighted by Crippen LogP contribution is -2.24. The molecule has 0 saturated carbocycles. The van der Waals surface area contributed by atoms with Gasteiger partial charge in [-0.05, 0) is 50.0 Å². The molecule has 0 heterocycles. The second kappa shape index (κ2) is 7.41. The number of benzene rings is 1. The Hall–Kier alpha value is -0.930. The fourth-order valence-corrected chi connectivity index (χ4v) is 2.10. The van der Waals surface area contributed by atoms with Gasteiger partial charge in [-0.25, -0.2) is 4.39 Å². The summed E-state index contributed by atoms with van der Waals surface area (Å²) in [5.74, 6) is 0.476. The van der Waals surface area contributed by atoms with Crippen LogP contribution in [0.5, 0.6) is 0 Å². The van der Waals surface area contributed by atoms with E-state index in [4.69, 9.17) is 5.73 Å². The van der Waals surface area contributed by atoms with Crippen LogP contribution in [0.15, 0.2) is 24.3 Å². The number of rotatable bonds is 7. The third kappa shape index (κ3) is 5.80. The lowest BCUT2D eigenvalue weighted by Gasteiger charge is -2.21. The predicted molar refractivity (Wildman–Crippen MR) is 70.2 cm³/mol. The summed E-state index contributed by atoms with van der Waals surface area (Å²) in [7, 11) is 2.07. The molecule has 96 valence electrons. The van der Waals surface area contributed by atoms with Crippen LogP contribution in [0.25, 0.3) is 0 Å². The van der Waals surface area contributed by atoms with Gasteiger partial charge in [-0.2, -0.15) is 0 Å². The molecular formula is C14H23FN2. The zero-order valence-electron chi connectivity index (χ0n) is 10.8. The van der Waals surface area contributed by atoms with Crippen LogP contribution in [-0.4, -0.2) is 25.0 Å². The summed E-state index contributed by atoms with van der Waals surface area (Å²) in [6.45, 7) is 4.82. The van der Waals surface area contributed by atoms with Gasteiger partial charge in [0.05, 0.1) is 0 Å². The molecule has 0 saturated heterocycles. The molecule has 3 heteroatoms. The molecule has 17 heavy (non-hydrogen) atoms. The van der Waals surface area contributed by atoms with Gasteiger partial charge in [0.1, 0.15) is 5.82 Å². The first-order valence-corrected chi connectivity index (χ1v) is 6.25. The van der Waals surface area contributed by atoms with E-state index in [0.29, 0.717) is 5.92 Å². The molecule has 1 atom stereocenters. The molecular weight excluding hydrogens is 215 g/mol. The molecule has 1 aromatic rings. The molecule has 1 unspecified atom stereocenters. The Morgan fingerprint density at radius 2 is 2.18 bits per heavy atom. The highest BCUT2D eigenvalue weighted by Gasteiger charge is 2.07. The van der Waals surface area contributed by atoms with E-state index in [-0.39, 0.29) is 5.82 Å². The topological polar surface area (TPSA) is 29.3 Å². The summed E-state index contributed by atoms with van der Waals surface area (Å²) in [4.78, 5) is 2.23. The zero-order chi connectivity index (χ0) is 12.7. The van der Waals surface area contributed by atoms with E-state index in [0.717, 1.165) is 38.0 Å². The maximum atomic E-state index is 13.0. The Labute approximate surface area is 104 Å². The number of nitrogens with two attached hydrogens (primary N) is 1. The number of halogens is 1. The van der Waals surface area contributed by atoms with Crippen molar-refractivity contribution in [2.24, 2.45) is 11.7 Å². The van der Waals surface area contributed by atoms with Crippen molar-refractivity contribution in [3.05, 3.63) is 35.6 Å². The van der Waals surface area contributed by atoms with E-state index in [9.17, 15) is 4.39 Å². The summed E-state index contributed by atoms with van der Waals surface area (Å²) in [5, 5.41) is 0. The minimum Gasteiger partial charge on any atom is -0.330 e. The van der Waals surface area contributed by atoms with E-state index < -0.39 is 0 Å². The molecule has 0 spiro atoms. The highest BCUT2D eigenvalue weighted by atomic mass is 19.1.